The largest absolute Gasteiger partial charge is 0.495 e. The number of fused-ring (bicyclic) bond motifs is 2. The highest BCUT2D eigenvalue weighted by atomic mass is 32.2. The number of methoxy groups -OCH3 is 1. The van der Waals surface area contributed by atoms with Crippen LogP contribution >= 0.6 is 0 Å². The lowest BCUT2D eigenvalue weighted by molar-refractivity contribution is 0.00495. The topological polar surface area (TPSA) is 87.4 Å². The lowest BCUT2D eigenvalue weighted by Crippen LogP contribution is -2.50. The Bertz CT molecular complexity index is 715. The molecule has 118 valence electrons. The van der Waals surface area contributed by atoms with E-state index in [1.807, 2.05) is 0 Å². The molecule has 2 atom stereocenters. The molecule has 2 fully saturated rings. The zero-order valence-electron chi connectivity index (χ0n) is 12.4. The molecule has 1 aromatic rings. The van der Waals surface area contributed by atoms with E-state index in [0.29, 0.717) is 29.7 Å². The van der Waals surface area contributed by atoms with Crippen LogP contribution in [-0.4, -0.2) is 31.1 Å². The molecule has 1 N–H and O–H groups in total. The fourth-order valence-electron chi connectivity index (χ4n) is 3.77. The molecule has 0 aromatic heterocycles. The minimum Gasteiger partial charge on any atom is -0.495 e. The first kappa shape index (κ1) is 15.3. The third-order valence-electron chi connectivity index (χ3n) is 4.97. The van der Waals surface area contributed by atoms with Crippen molar-refractivity contribution in [1.29, 1.82) is 5.26 Å². The quantitative estimate of drug-likeness (QED) is 0.898. The summed E-state index contributed by atoms with van der Waals surface area (Å²) in [5.74, 6) is 0.457. The molecule has 0 saturated carbocycles. The van der Waals surface area contributed by atoms with Crippen molar-refractivity contribution < 1.29 is 18.3 Å². The van der Waals surface area contributed by atoms with Gasteiger partial charge in [0, 0.05) is 0 Å². The summed E-state index contributed by atoms with van der Waals surface area (Å²) in [6.07, 6.45) is 2.55. The normalized spacial score (nSPS) is 33.0. The van der Waals surface area contributed by atoms with Crippen molar-refractivity contribution in [3.8, 4) is 11.8 Å². The van der Waals surface area contributed by atoms with Crippen molar-refractivity contribution in [2.45, 2.75) is 48.2 Å². The van der Waals surface area contributed by atoms with Crippen molar-refractivity contribution in [3.05, 3.63) is 29.3 Å². The van der Waals surface area contributed by atoms with Crippen LogP contribution in [0.3, 0.4) is 0 Å². The number of sulfone groups is 1. The predicted octanol–water partition coefficient (Wildman–Crippen LogP) is 1.88. The molecule has 2 saturated heterocycles. The van der Waals surface area contributed by atoms with Gasteiger partial charge in [-0.3, -0.25) is 0 Å². The average Bonchev–Trinajstić information content (AvgIpc) is 2.48. The standard InChI is InChI=1S/C16H19NO4S/c1-21-15-6-5-12(7-11(15)10-17)16(18)8-13-3-2-4-14(9-16)22(13,19)20/h5-7,13-14,18H,2-4,8-9H2,1H3. The first-order valence-corrected chi connectivity index (χ1v) is 9.05. The molecule has 6 heteroatoms. The summed E-state index contributed by atoms with van der Waals surface area (Å²) in [6, 6.07) is 7.06. The number of aliphatic hydroxyl groups is 1. The second-order valence-corrected chi connectivity index (χ2v) is 8.74. The van der Waals surface area contributed by atoms with E-state index in [-0.39, 0.29) is 12.8 Å². The molecule has 0 radical (unpaired) electrons. The molecule has 3 rings (SSSR count). The van der Waals surface area contributed by atoms with Gasteiger partial charge in [0.15, 0.2) is 9.84 Å². The zero-order valence-corrected chi connectivity index (χ0v) is 13.3. The predicted molar refractivity (Wildman–Crippen MR) is 81.2 cm³/mol. The molecular formula is C16H19NO4S. The maximum Gasteiger partial charge on any atom is 0.156 e. The zero-order chi connectivity index (χ0) is 16.0. The van der Waals surface area contributed by atoms with Gasteiger partial charge in [0.2, 0.25) is 0 Å². The van der Waals surface area contributed by atoms with Crippen molar-refractivity contribution in [2.75, 3.05) is 7.11 Å². The van der Waals surface area contributed by atoms with Gasteiger partial charge in [-0.2, -0.15) is 5.26 Å². The van der Waals surface area contributed by atoms with Crippen LogP contribution in [0.15, 0.2) is 18.2 Å². The van der Waals surface area contributed by atoms with Crippen molar-refractivity contribution in [1.82, 2.24) is 0 Å². The van der Waals surface area contributed by atoms with Gasteiger partial charge in [-0.25, -0.2) is 8.42 Å². The molecule has 0 aliphatic carbocycles. The van der Waals surface area contributed by atoms with E-state index in [4.69, 9.17) is 4.74 Å². The number of nitriles is 1. The van der Waals surface area contributed by atoms with Gasteiger partial charge in [-0.05, 0) is 43.4 Å². The van der Waals surface area contributed by atoms with Crippen LogP contribution in [0.1, 0.15) is 43.2 Å². The molecule has 2 unspecified atom stereocenters. The van der Waals surface area contributed by atoms with Crippen LogP contribution in [-0.2, 0) is 15.4 Å². The highest BCUT2D eigenvalue weighted by Crippen LogP contribution is 2.46. The summed E-state index contributed by atoms with van der Waals surface area (Å²) < 4.78 is 29.8. The number of ether oxygens (including phenoxy) is 1. The molecule has 2 aliphatic heterocycles. The Morgan fingerprint density at radius 3 is 2.50 bits per heavy atom. The fraction of sp³-hybridized carbons (Fsp3) is 0.562. The van der Waals surface area contributed by atoms with Gasteiger partial charge in [-0.15, -0.1) is 0 Å². The van der Waals surface area contributed by atoms with Crippen LogP contribution in [0.5, 0.6) is 5.75 Å². The van der Waals surface area contributed by atoms with Crippen molar-refractivity contribution >= 4 is 9.84 Å². The molecule has 22 heavy (non-hydrogen) atoms. The lowest BCUT2D eigenvalue weighted by atomic mass is 9.80. The number of nitrogens with zero attached hydrogens (tertiary/aromatic N) is 1. The van der Waals surface area contributed by atoms with E-state index in [0.717, 1.165) is 6.42 Å². The van der Waals surface area contributed by atoms with Crippen LogP contribution in [0.4, 0.5) is 0 Å². The van der Waals surface area contributed by atoms with E-state index in [1.165, 1.54) is 7.11 Å². The second-order valence-electron chi connectivity index (χ2n) is 6.23. The smallest absolute Gasteiger partial charge is 0.156 e. The highest BCUT2D eigenvalue weighted by molar-refractivity contribution is 7.92. The van der Waals surface area contributed by atoms with E-state index < -0.39 is 25.9 Å². The van der Waals surface area contributed by atoms with E-state index >= 15 is 0 Å². The summed E-state index contributed by atoms with van der Waals surface area (Å²) in [4.78, 5) is 0. The monoisotopic (exact) mass is 321 g/mol. The third kappa shape index (κ3) is 2.29. The number of hydrogen-bond donors (Lipinski definition) is 1. The molecule has 2 heterocycles. The van der Waals surface area contributed by atoms with Crippen molar-refractivity contribution in [2.24, 2.45) is 0 Å². The minimum absolute atomic E-state index is 0.211. The van der Waals surface area contributed by atoms with E-state index in [9.17, 15) is 18.8 Å². The SMILES string of the molecule is COc1ccc(C2(O)CC3CCCC(C2)S3(=O)=O)cc1C#N. The average molecular weight is 321 g/mol. The summed E-state index contributed by atoms with van der Waals surface area (Å²) >= 11 is 0. The van der Waals surface area contributed by atoms with Crippen LogP contribution in [0.2, 0.25) is 0 Å². The second kappa shape index (κ2) is 5.25. The molecule has 0 amide bonds. The summed E-state index contributed by atoms with van der Waals surface area (Å²) in [7, 11) is -1.63. The molecule has 2 bridgehead atoms. The fourth-order valence-corrected chi connectivity index (χ4v) is 6.32. The molecule has 5 nitrogen and oxygen atoms in total. The van der Waals surface area contributed by atoms with Crippen LogP contribution < -0.4 is 4.74 Å². The first-order chi connectivity index (χ1) is 10.4. The van der Waals surface area contributed by atoms with E-state index in [1.54, 1.807) is 18.2 Å². The summed E-state index contributed by atoms with van der Waals surface area (Å²) in [5.41, 5.74) is -0.220. The van der Waals surface area contributed by atoms with Crippen LogP contribution in [0.25, 0.3) is 0 Å². The Morgan fingerprint density at radius 2 is 1.95 bits per heavy atom. The molecule has 1 aromatic carbocycles. The van der Waals surface area contributed by atoms with Crippen LogP contribution in [0, 0.1) is 11.3 Å². The summed E-state index contributed by atoms with van der Waals surface area (Å²) in [6.45, 7) is 0. The minimum atomic E-state index is -3.12. The van der Waals surface area contributed by atoms with Gasteiger partial charge in [-0.1, -0.05) is 12.5 Å². The maximum absolute atomic E-state index is 12.4. The lowest BCUT2D eigenvalue weighted by Gasteiger charge is -2.44. The Morgan fingerprint density at radius 1 is 1.32 bits per heavy atom. The third-order valence-corrected chi connectivity index (χ3v) is 7.63. The first-order valence-electron chi connectivity index (χ1n) is 7.44. The Kier molecular flexibility index (Phi) is 3.66. The van der Waals surface area contributed by atoms with Gasteiger partial charge < -0.3 is 9.84 Å². The summed E-state index contributed by atoms with van der Waals surface area (Å²) in [5, 5.41) is 19.3. The van der Waals surface area contributed by atoms with Gasteiger partial charge in [0.05, 0.1) is 28.8 Å². The van der Waals surface area contributed by atoms with Gasteiger partial charge in [0.1, 0.15) is 11.8 Å². The Labute approximate surface area is 130 Å². The molecule has 0 spiro atoms. The Hall–Kier alpha value is -1.58. The Balaban J connectivity index is 2.00. The number of rotatable bonds is 2. The van der Waals surface area contributed by atoms with E-state index in [2.05, 4.69) is 6.07 Å². The number of hydrogen-bond acceptors (Lipinski definition) is 5. The maximum atomic E-state index is 12.4. The molecule has 2 aliphatic rings. The van der Waals surface area contributed by atoms with Crippen molar-refractivity contribution in [3.63, 3.8) is 0 Å². The van der Waals surface area contributed by atoms with Gasteiger partial charge >= 0.3 is 0 Å². The molecular weight excluding hydrogens is 302 g/mol. The number of benzene rings is 1. The van der Waals surface area contributed by atoms with Gasteiger partial charge in [0.25, 0.3) is 0 Å². The highest BCUT2D eigenvalue weighted by Gasteiger charge is 2.51.